The van der Waals surface area contributed by atoms with E-state index in [2.05, 4.69) is 5.16 Å². The summed E-state index contributed by atoms with van der Waals surface area (Å²) in [6.45, 7) is 5.58. The van der Waals surface area contributed by atoms with Crippen molar-refractivity contribution in [3.8, 4) is 11.5 Å². The van der Waals surface area contributed by atoms with Gasteiger partial charge in [-0.15, -0.1) is 0 Å². The van der Waals surface area contributed by atoms with Gasteiger partial charge in [0.05, 0.1) is 31.0 Å². The Bertz CT molecular complexity index is 742. The molecular weight excluding hydrogens is 310 g/mol. The average molecular weight is 331 g/mol. The second-order valence-corrected chi connectivity index (χ2v) is 5.18. The fraction of sp³-hybridized carbons (Fsp3) is 0.333. The Morgan fingerprint density at radius 2 is 2.00 bits per heavy atom. The smallest absolute Gasteiger partial charge is 0.338 e. The predicted molar refractivity (Wildman–Crippen MR) is 89.4 cm³/mol. The zero-order chi connectivity index (χ0) is 17.7. The summed E-state index contributed by atoms with van der Waals surface area (Å²) in [5, 5.41) is 3.84. The molecule has 0 atom stereocenters. The van der Waals surface area contributed by atoms with Crippen molar-refractivity contribution in [1.29, 1.82) is 0 Å². The van der Waals surface area contributed by atoms with Gasteiger partial charge in [-0.2, -0.15) is 0 Å². The molecule has 1 heterocycles. The number of benzene rings is 1. The number of hydrogen-bond acceptors (Lipinski definition) is 6. The third-order valence-electron chi connectivity index (χ3n) is 3.62. The molecule has 1 aromatic heterocycles. The number of carbonyl (C=O) groups excluding carboxylic acids is 1. The van der Waals surface area contributed by atoms with E-state index in [0.29, 0.717) is 28.5 Å². The van der Waals surface area contributed by atoms with Gasteiger partial charge in [-0.3, -0.25) is 0 Å². The summed E-state index contributed by atoms with van der Waals surface area (Å²) in [4.78, 5) is 12.4. The maximum atomic E-state index is 12.4. The van der Waals surface area contributed by atoms with Crippen LogP contribution in [-0.2, 0) is 11.3 Å². The molecule has 6 nitrogen and oxygen atoms in total. The fourth-order valence-electron chi connectivity index (χ4n) is 2.34. The van der Waals surface area contributed by atoms with E-state index < -0.39 is 5.97 Å². The van der Waals surface area contributed by atoms with Gasteiger partial charge >= 0.3 is 5.97 Å². The van der Waals surface area contributed by atoms with Gasteiger partial charge in [0.2, 0.25) is 0 Å². The summed E-state index contributed by atoms with van der Waals surface area (Å²) >= 11 is 0. The molecule has 0 saturated heterocycles. The average Bonchev–Trinajstić information content (AvgIpc) is 2.90. The summed E-state index contributed by atoms with van der Waals surface area (Å²) in [5.41, 5.74) is 2.61. The normalized spacial score (nSPS) is 10.9. The maximum Gasteiger partial charge on any atom is 0.338 e. The van der Waals surface area contributed by atoms with Gasteiger partial charge in [-0.05, 0) is 32.9 Å². The molecule has 24 heavy (non-hydrogen) atoms. The molecule has 2 aromatic rings. The van der Waals surface area contributed by atoms with Gasteiger partial charge in [0.1, 0.15) is 12.4 Å². The summed E-state index contributed by atoms with van der Waals surface area (Å²) < 4.78 is 21.1. The molecule has 0 spiro atoms. The lowest BCUT2D eigenvalue weighted by Crippen LogP contribution is -2.07. The molecular formula is C18H21NO5. The van der Waals surface area contributed by atoms with Gasteiger partial charge in [-0.25, -0.2) is 4.79 Å². The maximum absolute atomic E-state index is 12.4. The van der Waals surface area contributed by atoms with E-state index in [-0.39, 0.29) is 6.61 Å². The molecule has 0 bridgehead atoms. The SMILES string of the molecule is C/C=C/c1cc(C(=O)OCc2c(C)noc2C)cc(OC)c1OC. The van der Waals surface area contributed by atoms with Crippen molar-refractivity contribution in [3.05, 3.63) is 46.4 Å². The van der Waals surface area contributed by atoms with Crippen molar-refractivity contribution >= 4 is 12.0 Å². The van der Waals surface area contributed by atoms with Crippen molar-refractivity contribution in [3.63, 3.8) is 0 Å². The molecule has 0 radical (unpaired) electrons. The number of rotatable bonds is 6. The topological polar surface area (TPSA) is 70.8 Å². The lowest BCUT2D eigenvalue weighted by atomic mass is 10.1. The van der Waals surface area contributed by atoms with Crippen LogP contribution in [0.2, 0.25) is 0 Å². The molecule has 2 rings (SSSR count). The minimum atomic E-state index is -0.457. The molecule has 0 fully saturated rings. The van der Waals surface area contributed by atoms with Crippen molar-refractivity contribution in [2.45, 2.75) is 27.4 Å². The molecule has 6 heteroatoms. The number of esters is 1. The summed E-state index contributed by atoms with van der Waals surface area (Å²) in [6.07, 6.45) is 3.70. The Hall–Kier alpha value is -2.76. The highest BCUT2D eigenvalue weighted by Crippen LogP contribution is 2.34. The first-order valence-corrected chi connectivity index (χ1v) is 7.49. The molecule has 0 aliphatic heterocycles. The van der Waals surface area contributed by atoms with Crippen molar-refractivity contribution in [2.75, 3.05) is 14.2 Å². The van der Waals surface area contributed by atoms with Gasteiger partial charge in [0.15, 0.2) is 11.5 Å². The Morgan fingerprint density at radius 1 is 1.25 bits per heavy atom. The summed E-state index contributed by atoms with van der Waals surface area (Å²) in [5.74, 6) is 1.22. The molecule has 0 saturated carbocycles. The molecule has 0 aliphatic carbocycles. The van der Waals surface area contributed by atoms with Crippen molar-refractivity contribution < 1.29 is 23.5 Å². The van der Waals surface area contributed by atoms with Crippen molar-refractivity contribution in [2.24, 2.45) is 0 Å². The van der Waals surface area contributed by atoms with Crippen molar-refractivity contribution in [1.82, 2.24) is 5.16 Å². The number of ether oxygens (including phenoxy) is 3. The van der Waals surface area contributed by atoms with E-state index in [0.717, 1.165) is 11.1 Å². The van der Waals surface area contributed by atoms with Crippen LogP contribution in [0.3, 0.4) is 0 Å². The summed E-state index contributed by atoms with van der Waals surface area (Å²) in [7, 11) is 3.08. The second-order valence-electron chi connectivity index (χ2n) is 5.18. The Balaban J connectivity index is 2.27. The Labute approximate surface area is 141 Å². The number of nitrogens with zero attached hydrogens (tertiary/aromatic N) is 1. The minimum Gasteiger partial charge on any atom is -0.493 e. The quantitative estimate of drug-likeness (QED) is 0.752. The van der Waals surface area contributed by atoms with Gasteiger partial charge in [0.25, 0.3) is 0 Å². The number of methoxy groups -OCH3 is 2. The van der Waals surface area contributed by atoms with Crippen LogP contribution in [0.1, 0.15) is 39.9 Å². The van der Waals surface area contributed by atoms with Crippen LogP contribution in [0, 0.1) is 13.8 Å². The van der Waals surface area contributed by atoms with E-state index in [9.17, 15) is 4.79 Å². The van der Waals surface area contributed by atoms with E-state index >= 15 is 0 Å². The third-order valence-corrected chi connectivity index (χ3v) is 3.62. The first kappa shape index (κ1) is 17.6. The first-order valence-electron chi connectivity index (χ1n) is 7.49. The second kappa shape index (κ2) is 7.68. The number of hydrogen-bond donors (Lipinski definition) is 0. The monoisotopic (exact) mass is 331 g/mol. The summed E-state index contributed by atoms with van der Waals surface area (Å²) in [6, 6.07) is 3.30. The zero-order valence-corrected chi connectivity index (χ0v) is 14.5. The largest absolute Gasteiger partial charge is 0.493 e. The van der Waals surface area contributed by atoms with Crippen LogP contribution in [0.4, 0.5) is 0 Å². The molecule has 128 valence electrons. The lowest BCUT2D eigenvalue weighted by molar-refractivity contribution is 0.0470. The Morgan fingerprint density at radius 3 is 2.54 bits per heavy atom. The number of allylic oxidation sites excluding steroid dienone is 1. The highest BCUT2D eigenvalue weighted by Gasteiger charge is 2.17. The van der Waals surface area contributed by atoms with Crippen LogP contribution in [0.15, 0.2) is 22.7 Å². The van der Waals surface area contributed by atoms with E-state index in [1.165, 1.54) is 7.11 Å². The van der Waals surface area contributed by atoms with E-state index in [4.69, 9.17) is 18.7 Å². The van der Waals surface area contributed by atoms with E-state index in [1.54, 1.807) is 33.1 Å². The van der Waals surface area contributed by atoms with Crippen LogP contribution in [0.5, 0.6) is 11.5 Å². The highest BCUT2D eigenvalue weighted by atomic mass is 16.5. The minimum absolute atomic E-state index is 0.104. The molecule has 1 aromatic carbocycles. The standard InChI is InChI=1S/C18H21NO5/c1-6-7-13-8-14(9-16(21-4)17(13)22-5)18(20)23-10-15-11(2)19-24-12(15)3/h6-9H,10H2,1-5H3/b7-6+. The fourth-order valence-corrected chi connectivity index (χ4v) is 2.34. The molecule has 0 unspecified atom stereocenters. The Kier molecular flexibility index (Phi) is 5.63. The van der Waals surface area contributed by atoms with Gasteiger partial charge < -0.3 is 18.7 Å². The molecule has 0 aliphatic rings. The third kappa shape index (κ3) is 3.59. The number of aromatic nitrogens is 1. The van der Waals surface area contributed by atoms with Crippen LogP contribution in [-0.4, -0.2) is 25.3 Å². The lowest BCUT2D eigenvalue weighted by Gasteiger charge is -2.13. The first-order chi connectivity index (χ1) is 11.5. The van der Waals surface area contributed by atoms with Gasteiger partial charge in [-0.1, -0.05) is 17.3 Å². The number of carbonyl (C=O) groups is 1. The molecule has 0 N–H and O–H groups in total. The predicted octanol–water partition coefficient (Wildman–Crippen LogP) is 3.70. The zero-order valence-electron chi connectivity index (χ0n) is 14.5. The van der Waals surface area contributed by atoms with Gasteiger partial charge in [0, 0.05) is 5.56 Å². The van der Waals surface area contributed by atoms with E-state index in [1.807, 2.05) is 19.1 Å². The van der Waals surface area contributed by atoms with Crippen LogP contribution in [0.25, 0.3) is 6.08 Å². The molecule has 0 amide bonds. The highest BCUT2D eigenvalue weighted by molar-refractivity contribution is 5.91. The van der Waals surface area contributed by atoms with Crippen LogP contribution >= 0.6 is 0 Å². The number of aryl methyl sites for hydroxylation is 2. The van der Waals surface area contributed by atoms with Crippen LogP contribution < -0.4 is 9.47 Å².